The Morgan fingerprint density at radius 1 is 1.33 bits per heavy atom. The molecule has 0 radical (unpaired) electrons. The van der Waals surface area contributed by atoms with Gasteiger partial charge in [0.15, 0.2) is 0 Å². The van der Waals surface area contributed by atoms with Crippen LogP contribution < -0.4 is 16.4 Å². The fourth-order valence-corrected chi connectivity index (χ4v) is 1.39. The van der Waals surface area contributed by atoms with Crippen LogP contribution in [0.4, 0.5) is 10.5 Å². The van der Waals surface area contributed by atoms with Gasteiger partial charge in [-0.15, -0.1) is 0 Å². The van der Waals surface area contributed by atoms with E-state index in [1.807, 2.05) is 6.92 Å². The van der Waals surface area contributed by atoms with Crippen LogP contribution in [-0.4, -0.2) is 29.7 Å². The molecule has 1 aromatic carbocycles. The first-order valence-electron chi connectivity index (χ1n) is 5.65. The van der Waals surface area contributed by atoms with Gasteiger partial charge in [0.1, 0.15) is 0 Å². The predicted octanol–water partition coefficient (Wildman–Crippen LogP) is 0.678. The minimum absolute atomic E-state index is 0.0937. The lowest BCUT2D eigenvalue weighted by molar-refractivity contribution is 0.0915. The van der Waals surface area contributed by atoms with Gasteiger partial charge in [0, 0.05) is 11.3 Å². The molecule has 0 aliphatic carbocycles. The number of carbonyl (C=O) groups excluding carboxylic acids is 2. The number of aliphatic hydroxyl groups is 1. The van der Waals surface area contributed by atoms with Gasteiger partial charge >= 0.3 is 6.03 Å². The summed E-state index contributed by atoms with van der Waals surface area (Å²) in [6.45, 7) is 1.78. The third kappa shape index (κ3) is 4.06. The summed E-state index contributed by atoms with van der Waals surface area (Å²) in [5, 5.41) is 14.1. The van der Waals surface area contributed by atoms with Crippen molar-refractivity contribution in [2.24, 2.45) is 5.73 Å². The molecule has 1 atom stereocenters. The highest BCUT2D eigenvalue weighted by molar-refractivity contribution is 5.95. The summed E-state index contributed by atoms with van der Waals surface area (Å²) in [6.07, 6.45) is 0.656. The van der Waals surface area contributed by atoms with Gasteiger partial charge in [-0.25, -0.2) is 4.79 Å². The smallest absolute Gasteiger partial charge is 0.316 e. The Bertz CT molecular complexity index is 413. The first kappa shape index (κ1) is 14.0. The van der Waals surface area contributed by atoms with Crippen LogP contribution in [0.2, 0.25) is 0 Å². The van der Waals surface area contributed by atoms with Gasteiger partial charge in [-0.3, -0.25) is 4.79 Å². The van der Waals surface area contributed by atoms with Crippen molar-refractivity contribution < 1.29 is 14.7 Å². The molecule has 1 aromatic rings. The van der Waals surface area contributed by atoms with E-state index in [0.29, 0.717) is 17.7 Å². The second kappa shape index (κ2) is 6.61. The maximum absolute atomic E-state index is 11.8. The van der Waals surface area contributed by atoms with Crippen LogP contribution in [0.15, 0.2) is 24.3 Å². The van der Waals surface area contributed by atoms with Crippen molar-refractivity contribution in [2.45, 2.75) is 19.4 Å². The number of nitrogens with one attached hydrogen (secondary N) is 2. The van der Waals surface area contributed by atoms with E-state index in [2.05, 4.69) is 10.6 Å². The van der Waals surface area contributed by atoms with E-state index in [-0.39, 0.29) is 18.6 Å². The average molecular weight is 251 g/mol. The zero-order chi connectivity index (χ0) is 13.5. The molecule has 0 aliphatic heterocycles. The monoisotopic (exact) mass is 251 g/mol. The van der Waals surface area contributed by atoms with Gasteiger partial charge in [-0.05, 0) is 30.7 Å². The molecular formula is C12H17N3O3. The highest BCUT2D eigenvalue weighted by atomic mass is 16.3. The molecule has 18 heavy (non-hydrogen) atoms. The van der Waals surface area contributed by atoms with Crippen LogP contribution in [0.5, 0.6) is 0 Å². The molecule has 6 nitrogen and oxygen atoms in total. The second-order valence-corrected chi connectivity index (χ2v) is 3.83. The largest absolute Gasteiger partial charge is 0.394 e. The molecular weight excluding hydrogens is 234 g/mol. The molecule has 0 saturated heterocycles. The molecule has 0 fully saturated rings. The SMILES string of the molecule is CC[C@@H](CO)NC(=O)c1ccc(NC(N)=O)cc1. The molecule has 0 heterocycles. The number of hydrogen-bond donors (Lipinski definition) is 4. The zero-order valence-electron chi connectivity index (χ0n) is 10.1. The van der Waals surface area contributed by atoms with Crippen molar-refractivity contribution in [1.82, 2.24) is 5.32 Å². The normalized spacial score (nSPS) is 11.7. The Hall–Kier alpha value is -2.08. The number of rotatable bonds is 5. The number of nitrogens with two attached hydrogens (primary N) is 1. The van der Waals surface area contributed by atoms with Crippen molar-refractivity contribution in [3.8, 4) is 0 Å². The summed E-state index contributed by atoms with van der Waals surface area (Å²) < 4.78 is 0. The van der Waals surface area contributed by atoms with Crippen LogP contribution in [0.1, 0.15) is 23.7 Å². The van der Waals surface area contributed by atoms with Gasteiger partial charge in [-0.2, -0.15) is 0 Å². The highest BCUT2D eigenvalue weighted by Crippen LogP contribution is 2.09. The number of urea groups is 1. The quantitative estimate of drug-likeness (QED) is 0.618. The van der Waals surface area contributed by atoms with Crippen LogP contribution >= 0.6 is 0 Å². The number of hydrogen-bond acceptors (Lipinski definition) is 3. The fraction of sp³-hybridized carbons (Fsp3) is 0.333. The van der Waals surface area contributed by atoms with E-state index in [9.17, 15) is 9.59 Å². The summed E-state index contributed by atoms with van der Waals surface area (Å²) >= 11 is 0. The number of primary amides is 1. The third-order valence-corrected chi connectivity index (χ3v) is 2.46. The van der Waals surface area contributed by atoms with E-state index < -0.39 is 6.03 Å². The Balaban J connectivity index is 2.67. The van der Waals surface area contributed by atoms with Crippen molar-refractivity contribution >= 4 is 17.6 Å². The van der Waals surface area contributed by atoms with Crippen LogP contribution in [-0.2, 0) is 0 Å². The van der Waals surface area contributed by atoms with Gasteiger partial charge in [0.05, 0.1) is 12.6 Å². The minimum Gasteiger partial charge on any atom is -0.394 e. The Morgan fingerprint density at radius 3 is 2.39 bits per heavy atom. The maximum atomic E-state index is 11.8. The number of carbonyl (C=O) groups is 2. The van der Waals surface area contributed by atoms with E-state index in [4.69, 9.17) is 10.8 Å². The summed E-state index contributed by atoms with van der Waals surface area (Å²) in [6, 6.07) is 5.41. The first-order chi connectivity index (χ1) is 8.56. The van der Waals surface area contributed by atoms with E-state index in [1.54, 1.807) is 24.3 Å². The molecule has 0 spiro atoms. The molecule has 0 saturated carbocycles. The van der Waals surface area contributed by atoms with E-state index in [1.165, 1.54) is 0 Å². The Labute approximate surface area is 105 Å². The van der Waals surface area contributed by atoms with Crippen molar-refractivity contribution in [1.29, 1.82) is 0 Å². The van der Waals surface area contributed by atoms with Crippen molar-refractivity contribution in [3.63, 3.8) is 0 Å². The molecule has 1 rings (SSSR count). The third-order valence-electron chi connectivity index (χ3n) is 2.46. The standard InChI is InChI=1S/C12H17N3O3/c1-2-9(7-16)14-11(17)8-3-5-10(6-4-8)15-12(13)18/h3-6,9,16H,2,7H2,1H3,(H,14,17)(H3,13,15,18)/t9-/m0/s1. The number of anilines is 1. The number of aliphatic hydroxyl groups excluding tert-OH is 1. The number of benzene rings is 1. The molecule has 3 amide bonds. The fourth-order valence-electron chi connectivity index (χ4n) is 1.39. The van der Waals surface area contributed by atoms with E-state index >= 15 is 0 Å². The molecule has 0 bridgehead atoms. The summed E-state index contributed by atoms with van der Waals surface area (Å²) in [7, 11) is 0. The topological polar surface area (TPSA) is 104 Å². The lowest BCUT2D eigenvalue weighted by Crippen LogP contribution is -2.36. The van der Waals surface area contributed by atoms with Gasteiger partial charge in [0.25, 0.3) is 5.91 Å². The predicted molar refractivity (Wildman–Crippen MR) is 68.3 cm³/mol. The summed E-state index contributed by atoms with van der Waals surface area (Å²) in [5.41, 5.74) is 5.94. The first-order valence-corrected chi connectivity index (χ1v) is 5.65. The van der Waals surface area contributed by atoms with Gasteiger partial charge in [-0.1, -0.05) is 6.92 Å². The van der Waals surface area contributed by atoms with Gasteiger partial charge in [0.2, 0.25) is 0 Å². The van der Waals surface area contributed by atoms with Crippen molar-refractivity contribution in [3.05, 3.63) is 29.8 Å². The highest BCUT2D eigenvalue weighted by Gasteiger charge is 2.11. The minimum atomic E-state index is -0.654. The van der Waals surface area contributed by atoms with Crippen LogP contribution in [0.25, 0.3) is 0 Å². The Morgan fingerprint density at radius 2 is 1.94 bits per heavy atom. The zero-order valence-corrected chi connectivity index (χ0v) is 10.1. The van der Waals surface area contributed by atoms with Gasteiger partial charge < -0.3 is 21.5 Å². The molecule has 98 valence electrons. The molecule has 5 N–H and O–H groups in total. The average Bonchev–Trinajstić information content (AvgIpc) is 2.35. The van der Waals surface area contributed by atoms with Crippen molar-refractivity contribution in [2.75, 3.05) is 11.9 Å². The lowest BCUT2D eigenvalue weighted by Gasteiger charge is -2.14. The molecule has 0 unspecified atom stereocenters. The second-order valence-electron chi connectivity index (χ2n) is 3.83. The van der Waals surface area contributed by atoms with Crippen LogP contribution in [0.3, 0.4) is 0 Å². The van der Waals surface area contributed by atoms with Crippen LogP contribution in [0, 0.1) is 0 Å². The molecule has 6 heteroatoms. The molecule has 0 aliphatic rings. The summed E-state index contributed by atoms with van der Waals surface area (Å²) in [5.74, 6) is -0.262. The lowest BCUT2D eigenvalue weighted by atomic mass is 10.1. The number of amides is 3. The Kier molecular flexibility index (Phi) is 5.13. The summed E-state index contributed by atoms with van der Waals surface area (Å²) in [4.78, 5) is 22.4. The molecule has 0 aromatic heterocycles. The maximum Gasteiger partial charge on any atom is 0.316 e. The van der Waals surface area contributed by atoms with E-state index in [0.717, 1.165) is 0 Å².